The largest absolute Gasteiger partial charge is 0.480 e. The molecular weight excluding hydrogens is 276 g/mol. The molecule has 1 aliphatic heterocycles. The van der Waals surface area contributed by atoms with Crippen LogP contribution in [-0.4, -0.2) is 52.2 Å². The highest BCUT2D eigenvalue weighted by molar-refractivity contribution is 5.91. The number of carbonyl (C=O) groups is 3. The summed E-state index contributed by atoms with van der Waals surface area (Å²) in [5, 5.41) is 11.7. The monoisotopic (exact) mass is 300 g/mol. The molecule has 1 saturated heterocycles. The van der Waals surface area contributed by atoms with E-state index in [-0.39, 0.29) is 11.8 Å². The maximum absolute atomic E-state index is 12.2. The third kappa shape index (κ3) is 4.61. The van der Waals surface area contributed by atoms with E-state index in [0.29, 0.717) is 13.0 Å². The second kappa shape index (κ2) is 6.32. The molecule has 0 saturated carbocycles. The predicted octanol–water partition coefficient (Wildman–Crippen LogP) is 1.22. The number of carboxylic acid groups (broad SMARTS) is 1. The number of alkyl carbamates (subject to hydrolysis) is 1. The molecule has 1 rings (SSSR count). The summed E-state index contributed by atoms with van der Waals surface area (Å²) in [6, 6.07) is -1.59. The van der Waals surface area contributed by atoms with Gasteiger partial charge in [0, 0.05) is 6.54 Å². The summed E-state index contributed by atoms with van der Waals surface area (Å²) in [6.45, 7) is 9.01. The Labute approximate surface area is 124 Å². The van der Waals surface area contributed by atoms with Crippen LogP contribution in [0.1, 0.15) is 41.0 Å². The summed E-state index contributed by atoms with van der Waals surface area (Å²) in [5.74, 6) is -1.61. The number of rotatable bonds is 4. The number of ether oxygens (including phenoxy) is 1. The number of hydrogen-bond acceptors (Lipinski definition) is 4. The smallest absolute Gasteiger partial charge is 0.408 e. The molecule has 0 aromatic carbocycles. The van der Waals surface area contributed by atoms with Crippen LogP contribution in [0.15, 0.2) is 0 Å². The number of hydrogen-bond donors (Lipinski definition) is 2. The number of aliphatic carboxylic acids is 1. The van der Waals surface area contributed by atoms with Crippen molar-refractivity contribution in [2.24, 2.45) is 5.92 Å². The summed E-state index contributed by atoms with van der Waals surface area (Å²) < 4.78 is 5.10. The summed E-state index contributed by atoms with van der Waals surface area (Å²) in [7, 11) is 0. The molecule has 0 bridgehead atoms. The fraction of sp³-hybridized carbons (Fsp3) is 0.786. The van der Waals surface area contributed by atoms with Gasteiger partial charge in [0.1, 0.15) is 17.7 Å². The van der Waals surface area contributed by atoms with Gasteiger partial charge in [0.2, 0.25) is 5.91 Å². The lowest BCUT2D eigenvalue weighted by Gasteiger charge is -2.27. The van der Waals surface area contributed by atoms with Gasteiger partial charge >= 0.3 is 12.1 Å². The van der Waals surface area contributed by atoms with Crippen molar-refractivity contribution >= 4 is 18.0 Å². The minimum Gasteiger partial charge on any atom is -0.480 e. The van der Waals surface area contributed by atoms with Crippen LogP contribution in [-0.2, 0) is 14.3 Å². The van der Waals surface area contributed by atoms with Gasteiger partial charge in [-0.15, -0.1) is 0 Å². The molecule has 2 N–H and O–H groups in total. The first-order valence-electron chi connectivity index (χ1n) is 7.05. The zero-order valence-electron chi connectivity index (χ0n) is 13.2. The molecule has 1 fully saturated rings. The zero-order chi connectivity index (χ0) is 16.4. The first-order chi connectivity index (χ1) is 9.53. The number of carboxylic acids is 1. The van der Waals surface area contributed by atoms with Crippen molar-refractivity contribution in [2.45, 2.75) is 58.7 Å². The molecule has 120 valence electrons. The first kappa shape index (κ1) is 17.3. The molecule has 0 radical (unpaired) electrons. The van der Waals surface area contributed by atoms with E-state index in [1.807, 2.05) is 0 Å². The molecule has 2 atom stereocenters. The highest BCUT2D eigenvalue weighted by atomic mass is 16.6. The van der Waals surface area contributed by atoms with E-state index in [0.717, 1.165) is 0 Å². The average Bonchev–Trinajstić information content (AvgIpc) is 2.58. The van der Waals surface area contributed by atoms with Crippen LogP contribution in [0.3, 0.4) is 0 Å². The molecule has 21 heavy (non-hydrogen) atoms. The van der Waals surface area contributed by atoms with E-state index in [1.54, 1.807) is 34.6 Å². The SMILES string of the molecule is CC(C)C(C(=O)O)N1CC[C@@H](NC(=O)OC(C)(C)C)C1=O. The normalized spacial score (nSPS) is 20.6. The molecule has 7 heteroatoms. The quantitative estimate of drug-likeness (QED) is 0.814. The Kier molecular flexibility index (Phi) is 5.20. The van der Waals surface area contributed by atoms with E-state index in [1.165, 1.54) is 4.90 Å². The Morgan fingerprint density at radius 1 is 1.38 bits per heavy atom. The average molecular weight is 300 g/mol. The fourth-order valence-electron chi connectivity index (χ4n) is 2.34. The van der Waals surface area contributed by atoms with Gasteiger partial charge in [0.05, 0.1) is 0 Å². The van der Waals surface area contributed by atoms with Crippen LogP contribution in [0.5, 0.6) is 0 Å². The van der Waals surface area contributed by atoms with E-state index >= 15 is 0 Å². The van der Waals surface area contributed by atoms with Gasteiger partial charge in [0.25, 0.3) is 0 Å². The second-order valence-corrected chi connectivity index (χ2v) is 6.55. The fourth-order valence-corrected chi connectivity index (χ4v) is 2.34. The van der Waals surface area contributed by atoms with Crippen molar-refractivity contribution in [1.82, 2.24) is 10.2 Å². The van der Waals surface area contributed by atoms with E-state index in [2.05, 4.69) is 5.32 Å². The second-order valence-electron chi connectivity index (χ2n) is 6.55. The lowest BCUT2D eigenvalue weighted by Crippen LogP contribution is -2.49. The number of nitrogens with zero attached hydrogens (tertiary/aromatic N) is 1. The number of amides is 2. The predicted molar refractivity (Wildman–Crippen MR) is 75.7 cm³/mol. The van der Waals surface area contributed by atoms with Crippen LogP contribution in [0.4, 0.5) is 4.79 Å². The summed E-state index contributed by atoms with van der Waals surface area (Å²) in [4.78, 5) is 36.5. The van der Waals surface area contributed by atoms with Crippen LogP contribution in [0.25, 0.3) is 0 Å². The molecule has 0 aromatic heterocycles. The van der Waals surface area contributed by atoms with Crippen LogP contribution in [0.2, 0.25) is 0 Å². The van der Waals surface area contributed by atoms with Crippen molar-refractivity contribution in [2.75, 3.05) is 6.54 Å². The maximum atomic E-state index is 12.2. The van der Waals surface area contributed by atoms with Crippen LogP contribution in [0, 0.1) is 5.92 Å². The molecule has 1 aliphatic rings. The van der Waals surface area contributed by atoms with Crippen molar-refractivity contribution < 1.29 is 24.2 Å². The molecule has 1 unspecified atom stereocenters. The molecular formula is C14H24N2O5. The molecule has 2 amide bonds. The molecule has 7 nitrogen and oxygen atoms in total. The van der Waals surface area contributed by atoms with Crippen molar-refractivity contribution in [3.63, 3.8) is 0 Å². The molecule has 0 spiro atoms. The highest BCUT2D eigenvalue weighted by Gasteiger charge is 2.41. The number of carbonyl (C=O) groups excluding carboxylic acids is 2. The topological polar surface area (TPSA) is 95.9 Å². The summed E-state index contributed by atoms with van der Waals surface area (Å²) in [5.41, 5.74) is -0.646. The number of likely N-dealkylation sites (tertiary alicyclic amines) is 1. The van der Waals surface area contributed by atoms with E-state index < -0.39 is 29.7 Å². The minimum atomic E-state index is -1.03. The number of nitrogens with one attached hydrogen (secondary N) is 1. The summed E-state index contributed by atoms with van der Waals surface area (Å²) >= 11 is 0. The van der Waals surface area contributed by atoms with Crippen LogP contribution < -0.4 is 5.32 Å². The maximum Gasteiger partial charge on any atom is 0.408 e. The van der Waals surface area contributed by atoms with Crippen molar-refractivity contribution in [3.05, 3.63) is 0 Å². The molecule has 0 aliphatic carbocycles. The van der Waals surface area contributed by atoms with Gasteiger partial charge in [-0.2, -0.15) is 0 Å². The molecule has 0 aromatic rings. The Morgan fingerprint density at radius 2 is 1.95 bits per heavy atom. The van der Waals surface area contributed by atoms with Crippen LogP contribution >= 0.6 is 0 Å². The minimum absolute atomic E-state index is 0.202. The lowest BCUT2D eigenvalue weighted by atomic mass is 10.0. The Bertz CT molecular complexity index is 428. The Morgan fingerprint density at radius 3 is 2.38 bits per heavy atom. The zero-order valence-corrected chi connectivity index (χ0v) is 13.2. The van der Waals surface area contributed by atoms with Gasteiger partial charge in [0.15, 0.2) is 0 Å². The van der Waals surface area contributed by atoms with Crippen molar-refractivity contribution in [1.29, 1.82) is 0 Å². The lowest BCUT2D eigenvalue weighted by molar-refractivity contribution is -0.150. The Balaban J connectivity index is 2.69. The van der Waals surface area contributed by atoms with Gasteiger partial charge in [-0.1, -0.05) is 13.8 Å². The third-order valence-corrected chi connectivity index (χ3v) is 3.15. The van der Waals surface area contributed by atoms with E-state index in [9.17, 15) is 19.5 Å². The third-order valence-electron chi connectivity index (χ3n) is 3.15. The molecule has 1 heterocycles. The van der Waals surface area contributed by atoms with Gasteiger partial charge in [-0.3, -0.25) is 4.79 Å². The highest BCUT2D eigenvalue weighted by Crippen LogP contribution is 2.20. The van der Waals surface area contributed by atoms with Gasteiger partial charge < -0.3 is 20.1 Å². The van der Waals surface area contributed by atoms with Gasteiger partial charge in [-0.05, 0) is 33.1 Å². The summed E-state index contributed by atoms with van der Waals surface area (Å²) in [6.07, 6.45) is -0.284. The van der Waals surface area contributed by atoms with Crippen molar-refractivity contribution in [3.8, 4) is 0 Å². The Hall–Kier alpha value is -1.79. The first-order valence-corrected chi connectivity index (χ1v) is 7.05. The standard InChI is InChI=1S/C14H24N2O5/c1-8(2)10(12(18)19)16-7-6-9(11(16)17)15-13(20)21-14(3,4)5/h8-10H,6-7H2,1-5H3,(H,15,20)(H,18,19)/t9-,10?/m1/s1. The van der Waals surface area contributed by atoms with E-state index in [4.69, 9.17) is 4.74 Å². The van der Waals surface area contributed by atoms with Gasteiger partial charge in [-0.25, -0.2) is 9.59 Å².